The molecule has 0 saturated carbocycles. The van der Waals surface area contributed by atoms with Crippen molar-refractivity contribution in [2.24, 2.45) is 5.41 Å². The van der Waals surface area contributed by atoms with Gasteiger partial charge in [-0.25, -0.2) is 0 Å². The molecule has 2 heterocycles. The maximum atomic E-state index is 5.91. The average Bonchev–Trinajstić information content (AvgIpc) is 2.47. The molecule has 2 N–H and O–H groups in total. The number of hydrogen-bond donors (Lipinski definition) is 1. The lowest BCUT2D eigenvalue weighted by Crippen LogP contribution is -2.23. The quantitative estimate of drug-likeness (QED) is 0.737. The lowest BCUT2D eigenvalue weighted by Gasteiger charge is -2.22. The van der Waals surface area contributed by atoms with Crippen LogP contribution in [0.1, 0.15) is 20.3 Å². The molecule has 1 aliphatic heterocycles. The van der Waals surface area contributed by atoms with Gasteiger partial charge in [0.25, 0.3) is 0 Å². The largest absolute Gasteiger partial charge is 0.397 e. The first-order chi connectivity index (χ1) is 6.58. The van der Waals surface area contributed by atoms with Crippen LogP contribution < -0.4 is 10.6 Å². The van der Waals surface area contributed by atoms with Gasteiger partial charge in [-0.1, -0.05) is 13.8 Å². The number of pyridine rings is 1. The normalized spacial score (nSPS) is 20.0. The number of rotatable bonds is 1. The summed E-state index contributed by atoms with van der Waals surface area (Å²) in [6, 6.07) is 1.86. The minimum Gasteiger partial charge on any atom is -0.397 e. The molecule has 0 bridgehead atoms. The molecule has 14 heavy (non-hydrogen) atoms. The fraction of sp³-hybridized carbons (Fsp3) is 0.545. The second-order valence-corrected chi connectivity index (χ2v) is 4.77. The van der Waals surface area contributed by atoms with E-state index >= 15 is 0 Å². The molecule has 76 valence electrons. The van der Waals surface area contributed by atoms with Crippen molar-refractivity contribution in [3.63, 3.8) is 0 Å². The third kappa shape index (κ3) is 1.67. The number of aromatic nitrogens is 1. The molecule has 1 saturated heterocycles. The summed E-state index contributed by atoms with van der Waals surface area (Å²) >= 11 is 0. The highest BCUT2D eigenvalue weighted by atomic mass is 15.2. The van der Waals surface area contributed by atoms with Crippen molar-refractivity contribution < 1.29 is 0 Å². The molecule has 2 rings (SSSR count). The molecule has 0 radical (unpaired) electrons. The van der Waals surface area contributed by atoms with Crippen molar-refractivity contribution in [2.75, 3.05) is 23.7 Å². The van der Waals surface area contributed by atoms with E-state index in [1.807, 2.05) is 12.3 Å². The molecule has 1 aliphatic rings. The molecular formula is C11H17N3. The molecule has 0 unspecified atom stereocenters. The van der Waals surface area contributed by atoms with Gasteiger partial charge in [-0.15, -0.1) is 0 Å². The minimum atomic E-state index is 0.405. The molecule has 0 spiro atoms. The molecule has 1 fully saturated rings. The fourth-order valence-electron chi connectivity index (χ4n) is 1.98. The third-order valence-corrected chi connectivity index (χ3v) is 2.85. The van der Waals surface area contributed by atoms with Crippen LogP contribution in [-0.2, 0) is 0 Å². The Morgan fingerprint density at radius 3 is 2.86 bits per heavy atom. The van der Waals surface area contributed by atoms with E-state index in [4.69, 9.17) is 5.73 Å². The first-order valence-corrected chi connectivity index (χ1v) is 5.03. The zero-order valence-corrected chi connectivity index (χ0v) is 8.83. The predicted molar refractivity (Wildman–Crippen MR) is 59.3 cm³/mol. The average molecular weight is 191 g/mol. The van der Waals surface area contributed by atoms with Gasteiger partial charge in [0.15, 0.2) is 0 Å². The lowest BCUT2D eigenvalue weighted by molar-refractivity contribution is 0.418. The summed E-state index contributed by atoms with van der Waals surface area (Å²) in [5.74, 6) is 0. The van der Waals surface area contributed by atoms with Crippen molar-refractivity contribution >= 4 is 11.4 Å². The molecule has 0 aromatic carbocycles. The molecule has 3 nitrogen and oxygen atoms in total. The maximum absolute atomic E-state index is 5.91. The monoisotopic (exact) mass is 191 g/mol. The van der Waals surface area contributed by atoms with E-state index in [-0.39, 0.29) is 0 Å². The third-order valence-electron chi connectivity index (χ3n) is 2.85. The van der Waals surface area contributed by atoms with E-state index in [9.17, 15) is 0 Å². The Hall–Kier alpha value is -1.25. The molecule has 0 amide bonds. The van der Waals surface area contributed by atoms with Crippen LogP contribution in [0.2, 0.25) is 0 Å². The van der Waals surface area contributed by atoms with Crippen molar-refractivity contribution in [1.82, 2.24) is 4.98 Å². The van der Waals surface area contributed by atoms with Crippen LogP contribution in [0, 0.1) is 5.41 Å². The van der Waals surface area contributed by atoms with E-state index in [0.717, 1.165) is 24.5 Å². The predicted octanol–water partition coefficient (Wildman–Crippen LogP) is 1.90. The van der Waals surface area contributed by atoms with Gasteiger partial charge in [0, 0.05) is 19.3 Å². The SMILES string of the molecule is CC1(C)CCN(c2cnccc2N)C1. The summed E-state index contributed by atoms with van der Waals surface area (Å²) in [6.45, 7) is 6.74. The first-order valence-electron chi connectivity index (χ1n) is 5.03. The smallest absolute Gasteiger partial charge is 0.0786 e. The van der Waals surface area contributed by atoms with Gasteiger partial charge in [0.2, 0.25) is 0 Å². The van der Waals surface area contributed by atoms with Crippen LogP contribution in [0.4, 0.5) is 11.4 Å². The van der Waals surface area contributed by atoms with E-state index in [1.54, 1.807) is 6.20 Å². The number of nitrogen functional groups attached to an aromatic ring is 1. The van der Waals surface area contributed by atoms with Crippen LogP contribution in [0.25, 0.3) is 0 Å². The van der Waals surface area contributed by atoms with Gasteiger partial charge in [0.05, 0.1) is 17.6 Å². The van der Waals surface area contributed by atoms with Crippen LogP contribution in [0.15, 0.2) is 18.5 Å². The first kappa shape index (κ1) is 9.31. The van der Waals surface area contributed by atoms with Gasteiger partial charge < -0.3 is 10.6 Å². The van der Waals surface area contributed by atoms with Crippen LogP contribution >= 0.6 is 0 Å². The number of anilines is 2. The van der Waals surface area contributed by atoms with E-state index < -0.39 is 0 Å². The van der Waals surface area contributed by atoms with Crippen molar-refractivity contribution in [3.8, 4) is 0 Å². The van der Waals surface area contributed by atoms with Gasteiger partial charge in [-0.2, -0.15) is 0 Å². The molecule has 1 aromatic rings. The van der Waals surface area contributed by atoms with E-state index in [1.165, 1.54) is 6.42 Å². The Balaban J connectivity index is 2.22. The molecular weight excluding hydrogens is 174 g/mol. The van der Waals surface area contributed by atoms with E-state index in [2.05, 4.69) is 23.7 Å². The summed E-state index contributed by atoms with van der Waals surface area (Å²) in [6.07, 6.45) is 4.82. The number of hydrogen-bond acceptors (Lipinski definition) is 3. The van der Waals surface area contributed by atoms with Crippen molar-refractivity contribution in [1.29, 1.82) is 0 Å². The van der Waals surface area contributed by atoms with Crippen molar-refractivity contribution in [2.45, 2.75) is 20.3 Å². The summed E-state index contributed by atoms with van der Waals surface area (Å²) in [4.78, 5) is 6.44. The highest BCUT2D eigenvalue weighted by Crippen LogP contribution is 2.34. The Kier molecular flexibility index (Phi) is 2.10. The fourth-order valence-corrected chi connectivity index (χ4v) is 1.98. The minimum absolute atomic E-state index is 0.405. The highest BCUT2D eigenvalue weighted by molar-refractivity contribution is 5.66. The molecule has 3 heteroatoms. The standard InChI is InChI=1S/C11H17N3/c1-11(2)4-6-14(8-11)10-7-13-5-3-9(10)12/h3,5,7H,4,6,8H2,1-2H3,(H2,12,13). The van der Waals surface area contributed by atoms with Gasteiger partial charge in [-0.3, -0.25) is 4.98 Å². The second kappa shape index (κ2) is 3.15. The Labute approximate surface area is 84.9 Å². The van der Waals surface area contributed by atoms with Crippen molar-refractivity contribution in [3.05, 3.63) is 18.5 Å². The molecule has 1 aromatic heterocycles. The Morgan fingerprint density at radius 1 is 1.50 bits per heavy atom. The van der Waals surface area contributed by atoms with Crippen LogP contribution in [0.3, 0.4) is 0 Å². The zero-order chi connectivity index (χ0) is 10.2. The maximum Gasteiger partial charge on any atom is 0.0786 e. The molecule has 0 aliphatic carbocycles. The van der Waals surface area contributed by atoms with E-state index in [0.29, 0.717) is 5.41 Å². The number of nitrogens with two attached hydrogens (primary N) is 1. The molecule has 0 atom stereocenters. The van der Waals surface area contributed by atoms with Gasteiger partial charge in [0.1, 0.15) is 0 Å². The van der Waals surface area contributed by atoms with Gasteiger partial charge in [-0.05, 0) is 17.9 Å². The lowest BCUT2D eigenvalue weighted by atomic mass is 9.93. The summed E-state index contributed by atoms with van der Waals surface area (Å²) in [5, 5.41) is 0. The summed E-state index contributed by atoms with van der Waals surface area (Å²) in [7, 11) is 0. The zero-order valence-electron chi connectivity index (χ0n) is 8.83. The van der Waals surface area contributed by atoms with Crippen LogP contribution in [-0.4, -0.2) is 18.1 Å². The summed E-state index contributed by atoms with van der Waals surface area (Å²) in [5.41, 5.74) is 8.23. The highest BCUT2D eigenvalue weighted by Gasteiger charge is 2.29. The number of nitrogens with zero attached hydrogens (tertiary/aromatic N) is 2. The second-order valence-electron chi connectivity index (χ2n) is 4.77. The van der Waals surface area contributed by atoms with Crippen LogP contribution in [0.5, 0.6) is 0 Å². The topological polar surface area (TPSA) is 42.2 Å². The summed E-state index contributed by atoms with van der Waals surface area (Å²) < 4.78 is 0. The Morgan fingerprint density at radius 2 is 2.29 bits per heavy atom. The van der Waals surface area contributed by atoms with Gasteiger partial charge >= 0.3 is 0 Å². The Bertz CT molecular complexity index is 333.